The first-order valence-corrected chi connectivity index (χ1v) is 10.5. The maximum absolute atomic E-state index is 13.3. The van der Waals surface area contributed by atoms with Gasteiger partial charge in [0.05, 0.1) is 12.2 Å². The van der Waals surface area contributed by atoms with E-state index in [4.69, 9.17) is 5.11 Å². The Morgan fingerprint density at radius 3 is 2.26 bits per heavy atom. The number of carboxylic acids is 1. The van der Waals surface area contributed by atoms with Gasteiger partial charge < -0.3 is 20.4 Å². The van der Waals surface area contributed by atoms with Crippen LogP contribution >= 0.6 is 0 Å². The van der Waals surface area contributed by atoms with Crippen LogP contribution in [-0.4, -0.2) is 50.5 Å². The molecule has 5 atom stereocenters. The second-order valence-electron chi connectivity index (χ2n) is 8.29. The Labute approximate surface area is 180 Å². The molecule has 6 nitrogen and oxygen atoms in total. The number of hydrogen-bond donors (Lipinski definition) is 4. The summed E-state index contributed by atoms with van der Waals surface area (Å²) in [5.41, 5.74) is 0.483. The predicted octanol–water partition coefficient (Wildman–Crippen LogP) is 3.24. The maximum Gasteiger partial charge on any atom is 0.303 e. The van der Waals surface area contributed by atoms with E-state index in [9.17, 15) is 33.7 Å². The summed E-state index contributed by atoms with van der Waals surface area (Å²) in [6.07, 6.45) is -0.104. The molecule has 0 aromatic heterocycles. The number of unbranched alkanes of at least 4 members (excludes halogenated alkanes) is 2. The van der Waals surface area contributed by atoms with E-state index in [-0.39, 0.29) is 31.2 Å². The molecule has 1 aromatic rings. The summed E-state index contributed by atoms with van der Waals surface area (Å²) < 4.78 is 26.7. The fraction of sp³-hybridized carbons (Fsp3) is 0.565. The van der Waals surface area contributed by atoms with E-state index >= 15 is 0 Å². The van der Waals surface area contributed by atoms with Crippen LogP contribution in [0, 0.1) is 23.5 Å². The van der Waals surface area contributed by atoms with Crippen LogP contribution in [0.3, 0.4) is 0 Å². The second kappa shape index (κ2) is 11.5. The van der Waals surface area contributed by atoms with Gasteiger partial charge in [0.15, 0.2) is 5.78 Å². The molecule has 0 spiro atoms. The largest absolute Gasteiger partial charge is 0.481 e. The lowest BCUT2D eigenvalue weighted by atomic mass is 9.81. The Morgan fingerprint density at radius 2 is 1.65 bits per heavy atom. The monoisotopic (exact) mass is 440 g/mol. The molecule has 1 fully saturated rings. The van der Waals surface area contributed by atoms with Crippen molar-refractivity contribution >= 4 is 11.8 Å². The van der Waals surface area contributed by atoms with E-state index in [0.29, 0.717) is 31.7 Å². The summed E-state index contributed by atoms with van der Waals surface area (Å²) in [5, 5.41) is 39.6. The SMILES string of the molecule is C=C(CCCCCC(=O)O)C1C(O)CC(O)C1CCC(O)C(=O)c1cc(F)cc(F)c1. The Hall–Kier alpha value is -2.16. The van der Waals surface area contributed by atoms with Crippen LogP contribution in [-0.2, 0) is 4.79 Å². The van der Waals surface area contributed by atoms with Gasteiger partial charge in [-0.25, -0.2) is 8.78 Å². The zero-order valence-electron chi connectivity index (χ0n) is 17.3. The topological polar surface area (TPSA) is 115 Å². The molecule has 8 heteroatoms. The van der Waals surface area contributed by atoms with Crippen molar-refractivity contribution in [1.29, 1.82) is 0 Å². The molecule has 0 radical (unpaired) electrons. The van der Waals surface area contributed by atoms with Gasteiger partial charge in [-0.1, -0.05) is 18.6 Å². The summed E-state index contributed by atoms with van der Waals surface area (Å²) in [6.45, 7) is 4.03. The van der Waals surface area contributed by atoms with E-state index in [1.807, 2.05) is 0 Å². The Kier molecular flexibility index (Phi) is 9.28. The third kappa shape index (κ3) is 7.19. The molecule has 172 valence electrons. The molecule has 5 unspecified atom stereocenters. The van der Waals surface area contributed by atoms with Crippen molar-refractivity contribution in [2.75, 3.05) is 0 Å². The molecule has 0 heterocycles. The summed E-state index contributed by atoms with van der Waals surface area (Å²) in [5.74, 6) is -4.28. The van der Waals surface area contributed by atoms with Crippen molar-refractivity contribution in [1.82, 2.24) is 0 Å². The molecule has 31 heavy (non-hydrogen) atoms. The number of halogens is 2. The molecule has 1 aliphatic carbocycles. The molecular formula is C23H30F2O6. The number of aliphatic carboxylic acids is 1. The predicted molar refractivity (Wildman–Crippen MR) is 109 cm³/mol. The van der Waals surface area contributed by atoms with E-state index < -0.39 is 53.5 Å². The number of carbonyl (C=O) groups is 2. The van der Waals surface area contributed by atoms with Gasteiger partial charge in [-0.3, -0.25) is 9.59 Å². The highest BCUT2D eigenvalue weighted by Gasteiger charge is 2.42. The van der Waals surface area contributed by atoms with Crippen LogP contribution in [0.2, 0.25) is 0 Å². The van der Waals surface area contributed by atoms with Crippen molar-refractivity contribution in [3.05, 3.63) is 47.5 Å². The van der Waals surface area contributed by atoms with E-state index in [1.165, 1.54) is 0 Å². The van der Waals surface area contributed by atoms with Crippen molar-refractivity contribution in [2.24, 2.45) is 11.8 Å². The van der Waals surface area contributed by atoms with Gasteiger partial charge >= 0.3 is 5.97 Å². The fourth-order valence-electron chi connectivity index (χ4n) is 4.38. The van der Waals surface area contributed by atoms with E-state index in [2.05, 4.69) is 6.58 Å². The fourth-order valence-corrected chi connectivity index (χ4v) is 4.38. The van der Waals surface area contributed by atoms with Gasteiger partial charge in [0.25, 0.3) is 0 Å². The molecular weight excluding hydrogens is 410 g/mol. The number of aliphatic hydroxyl groups is 3. The number of ketones is 1. The van der Waals surface area contributed by atoms with Crippen LogP contribution < -0.4 is 0 Å². The number of Topliss-reactive ketones (excluding diaryl/α,β-unsaturated/α-hetero) is 1. The molecule has 0 saturated heterocycles. The normalized spacial score (nSPS) is 24.2. The van der Waals surface area contributed by atoms with Crippen LogP contribution in [0.1, 0.15) is 61.7 Å². The van der Waals surface area contributed by atoms with Gasteiger partial charge in [0, 0.05) is 30.4 Å². The summed E-state index contributed by atoms with van der Waals surface area (Å²) in [4.78, 5) is 22.9. The summed E-state index contributed by atoms with van der Waals surface area (Å²) >= 11 is 0. The van der Waals surface area contributed by atoms with Gasteiger partial charge in [-0.15, -0.1) is 0 Å². The number of carbonyl (C=O) groups excluding carboxylic acids is 1. The van der Waals surface area contributed by atoms with E-state index in [1.54, 1.807) is 0 Å². The average Bonchev–Trinajstić information content (AvgIpc) is 2.97. The number of benzene rings is 1. The standard InChI is InChI=1S/C23H30F2O6/c1-13(5-3-2-4-6-21(29)30)22-17(19(27)12-20(22)28)7-8-18(26)23(31)14-9-15(24)11-16(25)10-14/h9-11,17-20,22,26-28H,1-8,12H2,(H,29,30). The van der Waals surface area contributed by atoms with Crippen LogP contribution in [0.15, 0.2) is 30.4 Å². The lowest BCUT2D eigenvalue weighted by Crippen LogP contribution is -2.27. The highest BCUT2D eigenvalue weighted by Crippen LogP contribution is 2.41. The highest BCUT2D eigenvalue weighted by atomic mass is 19.1. The minimum absolute atomic E-state index is 0.0339. The van der Waals surface area contributed by atoms with Crippen molar-refractivity contribution in [2.45, 2.75) is 69.7 Å². The summed E-state index contributed by atoms with van der Waals surface area (Å²) in [6, 6.07) is 2.35. The molecule has 0 aliphatic heterocycles. The van der Waals surface area contributed by atoms with Gasteiger partial charge in [0.1, 0.15) is 17.7 Å². The number of hydrogen-bond acceptors (Lipinski definition) is 5. The molecule has 4 N–H and O–H groups in total. The lowest BCUT2D eigenvalue weighted by molar-refractivity contribution is -0.137. The molecule has 1 aromatic carbocycles. The minimum Gasteiger partial charge on any atom is -0.481 e. The quantitative estimate of drug-likeness (QED) is 0.225. The third-order valence-corrected chi connectivity index (χ3v) is 5.94. The Bertz CT molecular complexity index is 776. The van der Waals surface area contributed by atoms with Crippen molar-refractivity contribution < 1.29 is 38.8 Å². The van der Waals surface area contributed by atoms with Gasteiger partial charge in [0.2, 0.25) is 0 Å². The average molecular weight is 440 g/mol. The van der Waals surface area contributed by atoms with Crippen molar-refractivity contribution in [3.63, 3.8) is 0 Å². The van der Waals surface area contributed by atoms with Gasteiger partial charge in [-0.2, -0.15) is 0 Å². The zero-order chi connectivity index (χ0) is 23.1. The first-order valence-electron chi connectivity index (χ1n) is 10.5. The first-order chi connectivity index (χ1) is 14.6. The van der Waals surface area contributed by atoms with Gasteiger partial charge in [-0.05, 0) is 50.2 Å². The molecule has 0 bridgehead atoms. The molecule has 2 rings (SSSR count). The van der Waals surface area contributed by atoms with Crippen LogP contribution in [0.4, 0.5) is 8.78 Å². The minimum atomic E-state index is -1.49. The van der Waals surface area contributed by atoms with E-state index in [0.717, 1.165) is 17.7 Å². The smallest absolute Gasteiger partial charge is 0.303 e. The lowest BCUT2D eigenvalue weighted by Gasteiger charge is -2.26. The maximum atomic E-state index is 13.3. The third-order valence-electron chi connectivity index (χ3n) is 5.94. The zero-order valence-corrected chi connectivity index (χ0v) is 17.3. The molecule has 1 saturated carbocycles. The highest BCUT2D eigenvalue weighted by molar-refractivity contribution is 5.99. The molecule has 0 amide bonds. The van der Waals surface area contributed by atoms with Crippen molar-refractivity contribution in [3.8, 4) is 0 Å². The first kappa shape index (κ1) is 25.1. The number of carboxylic acid groups (broad SMARTS) is 1. The van der Waals surface area contributed by atoms with Crippen LogP contribution in [0.25, 0.3) is 0 Å². The van der Waals surface area contributed by atoms with Crippen LogP contribution in [0.5, 0.6) is 0 Å². The number of rotatable bonds is 12. The Morgan fingerprint density at radius 1 is 1.03 bits per heavy atom. The second-order valence-corrected chi connectivity index (χ2v) is 8.29. The Balaban J connectivity index is 1.92. The molecule has 1 aliphatic rings. The number of aliphatic hydroxyl groups excluding tert-OH is 3. The summed E-state index contributed by atoms with van der Waals surface area (Å²) in [7, 11) is 0.